The van der Waals surface area contributed by atoms with Gasteiger partial charge in [-0.05, 0) is 45.3 Å². The topological polar surface area (TPSA) is 37.4 Å². The van der Waals surface area contributed by atoms with Crippen molar-refractivity contribution in [2.45, 2.75) is 13.0 Å². The molecule has 2 aromatic rings. The highest BCUT2D eigenvalue weighted by molar-refractivity contribution is 5.49. The van der Waals surface area contributed by atoms with Gasteiger partial charge >= 0.3 is 0 Å². The van der Waals surface area contributed by atoms with Crippen molar-refractivity contribution in [3.63, 3.8) is 0 Å². The largest absolute Gasteiger partial charge is 0.492 e. The van der Waals surface area contributed by atoms with E-state index < -0.39 is 0 Å². The normalized spacial score (nSPS) is 12.2. The van der Waals surface area contributed by atoms with Gasteiger partial charge in [0.2, 0.25) is 0 Å². The molecule has 1 aromatic carbocycles. The summed E-state index contributed by atoms with van der Waals surface area (Å²) in [6.07, 6.45) is 1.81. The lowest BCUT2D eigenvalue weighted by Gasteiger charge is -2.16. The predicted octanol–water partition coefficient (Wildman–Crippen LogP) is 3.20. The Hall–Kier alpha value is -2.07. The molecule has 0 radical (unpaired) electrons. The maximum absolute atomic E-state index is 5.75. The third-order valence-corrected chi connectivity index (χ3v) is 3.16. The minimum absolute atomic E-state index is 0.156. The average Bonchev–Trinajstić information content (AvgIpc) is 2.48. The number of hydrogen-bond donors (Lipinski definition) is 1. The number of likely N-dealkylation sites (N-methyl/N-ethyl adjacent to an activating group) is 1. The van der Waals surface area contributed by atoms with Crippen molar-refractivity contribution in [3.8, 4) is 5.75 Å². The van der Waals surface area contributed by atoms with Crippen molar-refractivity contribution >= 4 is 5.69 Å². The Bertz CT molecular complexity index is 543. The number of ether oxygens (including phenoxy) is 1. The van der Waals surface area contributed by atoms with Gasteiger partial charge in [-0.1, -0.05) is 12.1 Å². The first-order valence-corrected chi connectivity index (χ1v) is 7.20. The van der Waals surface area contributed by atoms with Gasteiger partial charge in [0.05, 0.1) is 11.7 Å². The summed E-state index contributed by atoms with van der Waals surface area (Å²) in [4.78, 5) is 6.47. The first kappa shape index (κ1) is 15.3. The van der Waals surface area contributed by atoms with Crippen LogP contribution < -0.4 is 10.1 Å². The zero-order valence-electron chi connectivity index (χ0n) is 12.9. The van der Waals surface area contributed by atoms with Gasteiger partial charge in [0, 0.05) is 24.5 Å². The fraction of sp³-hybridized carbons (Fsp3) is 0.353. The lowest BCUT2D eigenvalue weighted by atomic mass is 10.2. The van der Waals surface area contributed by atoms with E-state index in [0.29, 0.717) is 6.61 Å². The summed E-state index contributed by atoms with van der Waals surface area (Å²) < 4.78 is 5.75. The summed E-state index contributed by atoms with van der Waals surface area (Å²) in [6.45, 7) is 3.69. The molecule has 0 fully saturated rings. The van der Waals surface area contributed by atoms with Crippen LogP contribution in [-0.4, -0.2) is 37.1 Å². The highest BCUT2D eigenvalue weighted by Gasteiger charge is 2.06. The third kappa shape index (κ3) is 5.08. The molecule has 0 saturated carbocycles. The van der Waals surface area contributed by atoms with E-state index in [4.69, 9.17) is 4.74 Å². The van der Waals surface area contributed by atoms with Gasteiger partial charge in [0.15, 0.2) is 0 Å². The molecule has 1 N–H and O–H groups in total. The maximum Gasteiger partial charge on any atom is 0.121 e. The molecule has 1 heterocycles. The molecular formula is C17H23N3O. The van der Waals surface area contributed by atoms with Crippen molar-refractivity contribution in [2.75, 3.05) is 32.6 Å². The van der Waals surface area contributed by atoms with E-state index in [1.54, 1.807) is 0 Å². The van der Waals surface area contributed by atoms with E-state index in [1.165, 1.54) is 0 Å². The van der Waals surface area contributed by atoms with E-state index in [9.17, 15) is 0 Å². The van der Waals surface area contributed by atoms with Gasteiger partial charge in [-0.15, -0.1) is 0 Å². The lowest BCUT2D eigenvalue weighted by Crippen LogP contribution is -2.19. The molecule has 0 spiro atoms. The fourth-order valence-electron chi connectivity index (χ4n) is 1.98. The second-order valence-electron chi connectivity index (χ2n) is 5.30. The number of rotatable bonds is 7. The van der Waals surface area contributed by atoms with Crippen molar-refractivity contribution < 1.29 is 4.74 Å². The molecule has 21 heavy (non-hydrogen) atoms. The summed E-state index contributed by atoms with van der Waals surface area (Å²) in [5, 5.41) is 3.44. The van der Waals surface area contributed by atoms with Gasteiger partial charge in [-0.3, -0.25) is 4.98 Å². The number of nitrogens with zero attached hydrogens (tertiary/aromatic N) is 2. The summed E-state index contributed by atoms with van der Waals surface area (Å²) >= 11 is 0. The average molecular weight is 285 g/mol. The van der Waals surface area contributed by atoms with Gasteiger partial charge in [0.1, 0.15) is 12.4 Å². The van der Waals surface area contributed by atoms with Crippen LogP contribution in [0.25, 0.3) is 0 Å². The Morgan fingerprint density at radius 1 is 1.19 bits per heavy atom. The van der Waals surface area contributed by atoms with Crippen molar-refractivity contribution in [1.29, 1.82) is 0 Å². The van der Waals surface area contributed by atoms with Crippen LogP contribution in [0.5, 0.6) is 5.75 Å². The molecule has 0 bridgehead atoms. The van der Waals surface area contributed by atoms with E-state index in [2.05, 4.69) is 22.1 Å². The van der Waals surface area contributed by atoms with Gasteiger partial charge in [-0.2, -0.15) is 0 Å². The Morgan fingerprint density at radius 2 is 2.05 bits per heavy atom. The van der Waals surface area contributed by atoms with Crippen LogP contribution >= 0.6 is 0 Å². The number of aromatic nitrogens is 1. The zero-order valence-corrected chi connectivity index (χ0v) is 12.9. The van der Waals surface area contributed by atoms with Crippen LogP contribution in [0, 0.1) is 0 Å². The third-order valence-electron chi connectivity index (χ3n) is 3.16. The second-order valence-corrected chi connectivity index (χ2v) is 5.30. The summed E-state index contributed by atoms with van der Waals surface area (Å²) in [5.74, 6) is 0.884. The molecule has 112 valence electrons. The Kier molecular flexibility index (Phi) is 5.58. The second kappa shape index (κ2) is 7.64. The quantitative estimate of drug-likeness (QED) is 0.847. The van der Waals surface area contributed by atoms with Gasteiger partial charge < -0.3 is 15.0 Å². The van der Waals surface area contributed by atoms with E-state index in [1.807, 2.05) is 62.8 Å². The van der Waals surface area contributed by atoms with Crippen LogP contribution in [0.3, 0.4) is 0 Å². The highest BCUT2D eigenvalue weighted by Crippen LogP contribution is 2.21. The molecule has 0 aliphatic rings. The number of anilines is 1. The molecular weight excluding hydrogens is 262 g/mol. The number of nitrogens with one attached hydrogen (secondary N) is 1. The molecule has 0 amide bonds. The minimum Gasteiger partial charge on any atom is -0.492 e. The summed E-state index contributed by atoms with van der Waals surface area (Å²) in [6, 6.07) is 14.1. The smallest absolute Gasteiger partial charge is 0.121 e. The Morgan fingerprint density at radius 3 is 2.76 bits per heavy atom. The van der Waals surface area contributed by atoms with E-state index in [-0.39, 0.29) is 6.04 Å². The number of benzene rings is 1. The Balaban J connectivity index is 1.94. The molecule has 2 rings (SSSR count). The van der Waals surface area contributed by atoms with E-state index in [0.717, 1.165) is 23.7 Å². The molecule has 1 atom stereocenters. The summed E-state index contributed by atoms with van der Waals surface area (Å²) in [5.41, 5.74) is 2.06. The standard InChI is InChI=1S/C17H23N3O/c1-14(17-9-4-5-10-18-17)19-15-7-6-8-16(13-15)21-12-11-20(2)3/h4-10,13-14,19H,11-12H2,1-3H3. The molecule has 1 aromatic heterocycles. The van der Waals surface area contributed by atoms with Crippen molar-refractivity contribution in [2.24, 2.45) is 0 Å². The van der Waals surface area contributed by atoms with Crippen molar-refractivity contribution in [1.82, 2.24) is 9.88 Å². The van der Waals surface area contributed by atoms with Crippen LogP contribution in [0.4, 0.5) is 5.69 Å². The Labute approximate surface area is 126 Å². The van der Waals surface area contributed by atoms with Crippen molar-refractivity contribution in [3.05, 3.63) is 54.4 Å². The van der Waals surface area contributed by atoms with E-state index >= 15 is 0 Å². The summed E-state index contributed by atoms with van der Waals surface area (Å²) in [7, 11) is 4.08. The monoisotopic (exact) mass is 285 g/mol. The molecule has 4 heteroatoms. The first-order valence-electron chi connectivity index (χ1n) is 7.20. The fourth-order valence-corrected chi connectivity index (χ4v) is 1.98. The number of pyridine rings is 1. The number of hydrogen-bond acceptors (Lipinski definition) is 4. The van der Waals surface area contributed by atoms with Crippen LogP contribution in [-0.2, 0) is 0 Å². The predicted molar refractivity (Wildman–Crippen MR) is 86.8 cm³/mol. The SMILES string of the molecule is CC(Nc1cccc(OCCN(C)C)c1)c1ccccn1. The first-order chi connectivity index (χ1) is 10.1. The van der Waals surface area contributed by atoms with Crippen LogP contribution in [0.1, 0.15) is 18.7 Å². The van der Waals surface area contributed by atoms with Crippen LogP contribution in [0.2, 0.25) is 0 Å². The molecule has 0 aliphatic heterocycles. The molecule has 0 aliphatic carbocycles. The van der Waals surface area contributed by atoms with Crippen LogP contribution in [0.15, 0.2) is 48.7 Å². The van der Waals surface area contributed by atoms with Gasteiger partial charge in [-0.25, -0.2) is 0 Å². The van der Waals surface area contributed by atoms with Gasteiger partial charge in [0.25, 0.3) is 0 Å². The minimum atomic E-state index is 0.156. The molecule has 0 saturated heterocycles. The lowest BCUT2D eigenvalue weighted by molar-refractivity contribution is 0.261. The highest BCUT2D eigenvalue weighted by atomic mass is 16.5. The molecule has 4 nitrogen and oxygen atoms in total. The molecule has 1 unspecified atom stereocenters. The zero-order chi connectivity index (χ0) is 15.1. The maximum atomic E-state index is 5.75.